The predicted molar refractivity (Wildman–Crippen MR) is 223 cm³/mol. The predicted octanol–water partition coefficient (Wildman–Crippen LogP) is 12.8. The Morgan fingerprint density at radius 2 is 0.755 bits per heavy atom. The van der Waals surface area contributed by atoms with Gasteiger partial charge in [-0.25, -0.2) is 0 Å². The lowest BCUT2D eigenvalue weighted by atomic mass is 10.1. The van der Waals surface area contributed by atoms with Crippen molar-refractivity contribution in [2.45, 2.75) is 219 Å². The zero-order chi connectivity index (χ0) is 38.9. The van der Waals surface area contributed by atoms with Gasteiger partial charge in [-0.1, -0.05) is 141 Å². The van der Waals surface area contributed by atoms with Crippen LogP contribution in [-0.4, -0.2) is 62.8 Å². The first-order valence-electron chi connectivity index (χ1n) is 22.3. The second-order valence-electron chi connectivity index (χ2n) is 15.4. The van der Waals surface area contributed by atoms with Crippen LogP contribution >= 0.6 is 0 Å². The summed E-state index contributed by atoms with van der Waals surface area (Å²) in [7, 11) is 4.01. The molecule has 0 saturated heterocycles. The molecule has 53 heavy (non-hydrogen) atoms. The molecule has 0 amide bonds. The molecule has 0 fully saturated rings. The molecule has 7 nitrogen and oxygen atoms in total. The largest absolute Gasteiger partial charge is 0.462 e. The van der Waals surface area contributed by atoms with Crippen molar-refractivity contribution in [3.63, 3.8) is 0 Å². The van der Waals surface area contributed by atoms with Crippen molar-refractivity contribution in [2.24, 2.45) is 0 Å². The molecule has 0 saturated carbocycles. The van der Waals surface area contributed by atoms with Gasteiger partial charge in [0.2, 0.25) is 0 Å². The molecule has 1 unspecified atom stereocenters. The third-order valence-corrected chi connectivity index (χ3v) is 9.68. The first-order chi connectivity index (χ1) is 25.9. The zero-order valence-corrected chi connectivity index (χ0v) is 35.3. The fourth-order valence-electron chi connectivity index (χ4n) is 6.25. The Hall–Kier alpha value is -2.15. The lowest BCUT2D eigenvalue weighted by Gasteiger charge is -2.18. The molecule has 0 heterocycles. The molecule has 0 aromatic heterocycles. The highest BCUT2D eigenvalue weighted by Gasteiger charge is 2.19. The molecule has 0 aliphatic carbocycles. The summed E-state index contributed by atoms with van der Waals surface area (Å²) >= 11 is 0. The minimum atomic E-state index is -0.783. The van der Waals surface area contributed by atoms with E-state index < -0.39 is 6.10 Å². The highest BCUT2D eigenvalue weighted by atomic mass is 16.6. The van der Waals surface area contributed by atoms with Crippen molar-refractivity contribution in [1.29, 1.82) is 0 Å². The summed E-state index contributed by atoms with van der Waals surface area (Å²) in [6.45, 7) is 5.25. The van der Waals surface area contributed by atoms with E-state index in [1.807, 2.05) is 14.1 Å². The van der Waals surface area contributed by atoms with Gasteiger partial charge < -0.3 is 19.1 Å². The summed E-state index contributed by atoms with van der Waals surface area (Å²) in [5.74, 6) is -0.944. The average molecular weight is 748 g/mol. The molecule has 1 atom stereocenters. The number of ether oxygens (including phenoxy) is 3. The molecule has 0 bridgehead atoms. The Balaban J connectivity index is 4.25. The molecular weight excluding hydrogens is 663 g/mol. The Morgan fingerprint density at radius 3 is 1.13 bits per heavy atom. The number of carbonyl (C=O) groups excluding carboxylic acids is 3. The second kappa shape index (κ2) is 41.0. The fourth-order valence-corrected chi connectivity index (χ4v) is 6.25. The Kier molecular flexibility index (Phi) is 39.4. The average Bonchev–Trinajstić information content (AvgIpc) is 3.14. The third-order valence-electron chi connectivity index (χ3n) is 9.68. The van der Waals surface area contributed by atoms with E-state index in [0.29, 0.717) is 19.3 Å². The van der Waals surface area contributed by atoms with Gasteiger partial charge in [-0.3, -0.25) is 14.4 Å². The summed E-state index contributed by atoms with van der Waals surface area (Å²) in [5.41, 5.74) is 0. The summed E-state index contributed by atoms with van der Waals surface area (Å²) < 4.78 is 16.6. The molecule has 0 spiro atoms. The van der Waals surface area contributed by atoms with Gasteiger partial charge >= 0.3 is 17.9 Å². The van der Waals surface area contributed by atoms with Crippen LogP contribution in [-0.2, 0) is 28.6 Å². The lowest BCUT2D eigenvalue weighted by Crippen LogP contribution is -2.31. The number of hydrogen-bond acceptors (Lipinski definition) is 7. The van der Waals surface area contributed by atoms with E-state index in [1.165, 1.54) is 109 Å². The Labute approximate surface area is 327 Å². The van der Waals surface area contributed by atoms with Gasteiger partial charge in [0.15, 0.2) is 6.10 Å². The van der Waals surface area contributed by atoms with Crippen LogP contribution in [0.25, 0.3) is 0 Å². The van der Waals surface area contributed by atoms with Crippen LogP contribution in [0.1, 0.15) is 213 Å². The number of carbonyl (C=O) groups is 3. The van der Waals surface area contributed by atoms with E-state index in [1.54, 1.807) is 0 Å². The van der Waals surface area contributed by atoms with Crippen LogP contribution in [0.3, 0.4) is 0 Å². The zero-order valence-electron chi connectivity index (χ0n) is 35.3. The molecule has 0 aromatic rings. The maximum absolute atomic E-state index is 12.7. The molecule has 0 aliphatic rings. The quantitative estimate of drug-likeness (QED) is 0.0267. The number of nitrogens with zero attached hydrogens (tertiary/aromatic N) is 1. The molecule has 0 radical (unpaired) electrons. The molecule has 7 heteroatoms. The summed E-state index contributed by atoms with van der Waals surface area (Å²) in [6, 6.07) is 0. The van der Waals surface area contributed by atoms with Gasteiger partial charge in [-0.05, 0) is 97.7 Å². The molecule has 0 aromatic carbocycles. The van der Waals surface area contributed by atoms with Crippen molar-refractivity contribution in [2.75, 3.05) is 33.9 Å². The summed E-state index contributed by atoms with van der Waals surface area (Å²) in [6.07, 6.45) is 42.4. The van der Waals surface area contributed by atoms with Crippen molar-refractivity contribution in [3.05, 3.63) is 24.3 Å². The van der Waals surface area contributed by atoms with Gasteiger partial charge in [-0.15, -0.1) is 0 Å². The van der Waals surface area contributed by atoms with Crippen molar-refractivity contribution in [3.8, 4) is 0 Å². The van der Waals surface area contributed by atoms with Crippen molar-refractivity contribution < 1.29 is 28.6 Å². The van der Waals surface area contributed by atoms with Crippen molar-refractivity contribution >= 4 is 17.9 Å². The van der Waals surface area contributed by atoms with E-state index in [-0.39, 0.29) is 31.1 Å². The number of allylic oxidation sites excluding steroid dienone is 4. The van der Waals surface area contributed by atoms with Gasteiger partial charge in [0, 0.05) is 19.3 Å². The van der Waals surface area contributed by atoms with Crippen LogP contribution in [0.2, 0.25) is 0 Å². The Morgan fingerprint density at radius 1 is 0.434 bits per heavy atom. The number of esters is 3. The SMILES string of the molecule is CCCCCCCCC=CCCCCCCCC(=O)OCC(COC(=O)CCCCN(C)C)OC(=O)CCCCCCCC=CCCCCCCCC. The summed E-state index contributed by atoms with van der Waals surface area (Å²) in [4.78, 5) is 39.5. The van der Waals surface area contributed by atoms with Crippen LogP contribution < -0.4 is 0 Å². The number of unbranched alkanes of at least 4 members (excludes halogenated alkanes) is 23. The molecule has 0 rings (SSSR count). The van der Waals surface area contributed by atoms with E-state index >= 15 is 0 Å². The highest BCUT2D eigenvalue weighted by molar-refractivity contribution is 5.71. The molecule has 0 N–H and O–H groups in total. The smallest absolute Gasteiger partial charge is 0.306 e. The Bertz CT molecular complexity index is 885. The maximum Gasteiger partial charge on any atom is 0.306 e. The second-order valence-corrected chi connectivity index (χ2v) is 15.4. The first-order valence-corrected chi connectivity index (χ1v) is 22.3. The topological polar surface area (TPSA) is 82.1 Å². The van der Waals surface area contributed by atoms with E-state index in [4.69, 9.17) is 14.2 Å². The van der Waals surface area contributed by atoms with E-state index in [0.717, 1.165) is 77.2 Å². The van der Waals surface area contributed by atoms with Gasteiger partial charge in [0.25, 0.3) is 0 Å². The molecule has 0 aliphatic heterocycles. The van der Waals surface area contributed by atoms with Gasteiger partial charge in [0.05, 0.1) is 0 Å². The lowest BCUT2D eigenvalue weighted by molar-refractivity contribution is -0.167. The minimum Gasteiger partial charge on any atom is -0.462 e. The number of hydrogen-bond donors (Lipinski definition) is 0. The highest BCUT2D eigenvalue weighted by Crippen LogP contribution is 2.13. The minimum absolute atomic E-state index is 0.0874. The van der Waals surface area contributed by atoms with Crippen LogP contribution in [0, 0.1) is 0 Å². The van der Waals surface area contributed by atoms with Gasteiger partial charge in [0.1, 0.15) is 13.2 Å². The van der Waals surface area contributed by atoms with Crippen LogP contribution in [0.15, 0.2) is 24.3 Å². The van der Waals surface area contributed by atoms with Gasteiger partial charge in [-0.2, -0.15) is 0 Å². The van der Waals surface area contributed by atoms with Crippen LogP contribution in [0.4, 0.5) is 0 Å². The van der Waals surface area contributed by atoms with Crippen LogP contribution in [0.5, 0.6) is 0 Å². The normalized spacial score (nSPS) is 12.2. The van der Waals surface area contributed by atoms with E-state index in [9.17, 15) is 14.4 Å². The number of rotatable bonds is 40. The molecule has 310 valence electrons. The fraction of sp³-hybridized carbons (Fsp3) is 0.848. The first kappa shape index (κ1) is 50.9. The van der Waals surface area contributed by atoms with Crippen molar-refractivity contribution in [1.82, 2.24) is 4.90 Å². The standard InChI is InChI=1S/C46H85NO6/c1-5-7-9-11-13-15-17-19-21-23-25-27-29-31-33-37-44(48)51-41-43(42-52-45(49)38-35-36-40-47(3)4)53-46(50)39-34-32-30-28-26-24-22-20-18-16-14-12-10-8-6-2/h19-22,43H,5-18,23-42H2,1-4H3. The monoisotopic (exact) mass is 748 g/mol. The maximum atomic E-state index is 12.7. The van der Waals surface area contributed by atoms with E-state index in [2.05, 4.69) is 43.1 Å². The summed E-state index contributed by atoms with van der Waals surface area (Å²) in [5, 5.41) is 0. The third kappa shape index (κ3) is 40.9. The molecular formula is C46H85NO6.